The highest BCUT2D eigenvalue weighted by molar-refractivity contribution is 5.90. The number of amides is 3. The molecule has 7 nitrogen and oxygen atoms in total. The normalized spacial score (nSPS) is 22.1. The van der Waals surface area contributed by atoms with Gasteiger partial charge in [-0.3, -0.25) is 4.79 Å². The summed E-state index contributed by atoms with van der Waals surface area (Å²) in [6, 6.07) is -0.563. The molecule has 0 aromatic carbocycles. The van der Waals surface area contributed by atoms with E-state index in [0.717, 1.165) is 44.7 Å². The summed E-state index contributed by atoms with van der Waals surface area (Å²) in [5.74, 6) is 1.62. The number of rotatable bonds is 5. The number of hydrogen-bond acceptors (Lipinski definition) is 3. The third-order valence-electron chi connectivity index (χ3n) is 5.07. The van der Waals surface area contributed by atoms with Crippen LogP contribution in [0, 0.1) is 0 Å². The number of unbranched alkanes of at least 4 members (excludes halogenated alkanes) is 1. The Kier molecular flexibility index (Phi) is 5.06. The average Bonchev–Trinajstić information content (AvgIpc) is 3.19. The molecule has 2 saturated heterocycles. The molecule has 0 bridgehead atoms. The molecule has 7 heteroatoms. The Morgan fingerprint density at radius 2 is 2.12 bits per heavy atom. The second-order valence-electron chi connectivity index (χ2n) is 6.81. The summed E-state index contributed by atoms with van der Waals surface area (Å²) in [5.41, 5.74) is 0. The summed E-state index contributed by atoms with van der Waals surface area (Å²) in [7, 11) is 1.71. The predicted molar refractivity (Wildman–Crippen MR) is 90.6 cm³/mol. The standard InChI is InChI=1S/C17H27N5O2/c1-3-4-8-21-11-7-18-15(21)13-5-9-22(10-6-13)16(23)14-12-20(2)17(24)19-14/h7,11,13-14H,3-6,8-10,12H2,1-2H3,(H,19,24)/t14-/m0/s1. The molecular formula is C17H27N5O2. The smallest absolute Gasteiger partial charge is 0.317 e. The Balaban J connectivity index is 1.55. The van der Waals surface area contributed by atoms with E-state index in [1.165, 1.54) is 6.42 Å². The van der Waals surface area contributed by atoms with Gasteiger partial charge in [0.1, 0.15) is 11.9 Å². The quantitative estimate of drug-likeness (QED) is 0.886. The van der Waals surface area contributed by atoms with Gasteiger partial charge in [-0.05, 0) is 19.3 Å². The monoisotopic (exact) mass is 333 g/mol. The van der Waals surface area contributed by atoms with Crippen LogP contribution in [0.4, 0.5) is 4.79 Å². The number of carbonyl (C=O) groups excluding carboxylic acids is 2. The highest BCUT2D eigenvalue weighted by Crippen LogP contribution is 2.27. The van der Waals surface area contributed by atoms with Gasteiger partial charge in [-0.15, -0.1) is 0 Å². The maximum Gasteiger partial charge on any atom is 0.317 e. The molecule has 1 aromatic heterocycles. The fourth-order valence-corrected chi connectivity index (χ4v) is 3.58. The van der Waals surface area contributed by atoms with Crippen LogP contribution in [0.2, 0.25) is 0 Å². The van der Waals surface area contributed by atoms with E-state index in [2.05, 4.69) is 28.0 Å². The van der Waals surface area contributed by atoms with Crippen LogP contribution in [0.15, 0.2) is 12.4 Å². The maximum atomic E-state index is 12.6. The highest BCUT2D eigenvalue weighted by atomic mass is 16.2. The highest BCUT2D eigenvalue weighted by Gasteiger charge is 2.35. The molecule has 0 spiro atoms. The Hall–Kier alpha value is -2.05. The predicted octanol–water partition coefficient (Wildman–Crippen LogP) is 1.41. The first-order chi connectivity index (χ1) is 11.6. The first kappa shape index (κ1) is 16.8. The zero-order valence-corrected chi connectivity index (χ0v) is 14.6. The number of likely N-dealkylation sites (tertiary alicyclic amines) is 1. The molecule has 1 atom stereocenters. The molecule has 3 rings (SSSR count). The van der Waals surface area contributed by atoms with Gasteiger partial charge in [0.2, 0.25) is 5.91 Å². The lowest BCUT2D eigenvalue weighted by molar-refractivity contribution is -0.133. The van der Waals surface area contributed by atoms with Crippen molar-refractivity contribution in [3.05, 3.63) is 18.2 Å². The van der Waals surface area contributed by atoms with Crippen molar-refractivity contribution in [2.75, 3.05) is 26.7 Å². The van der Waals surface area contributed by atoms with Gasteiger partial charge in [-0.25, -0.2) is 9.78 Å². The number of nitrogens with zero attached hydrogens (tertiary/aromatic N) is 4. The Morgan fingerprint density at radius 1 is 1.38 bits per heavy atom. The average molecular weight is 333 g/mol. The first-order valence-corrected chi connectivity index (χ1v) is 8.91. The number of imidazole rings is 1. The third-order valence-corrected chi connectivity index (χ3v) is 5.07. The number of aromatic nitrogens is 2. The van der Waals surface area contributed by atoms with E-state index in [-0.39, 0.29) is 11.9 Å². The molecule has 24 heavy (non-hydrogen) atoms. The number of urea groups is 1. The minimum Gasteiger partial charge on any atom is -0.341 e. The van der Waals surface area contributed by atoms with E-state index < -0.39 is 6.04 Å². The molecule has 1 N–H and O–H groups in total. The number of nitrogens with one attached hydrogen (secondary N) is 1. The van der Waals surface area contributed by atoms with Crippen molar-refractivity contribution < 1.29 is 9.59 Å². The molecule has 2 aliphatic rings. The van der Waals surface area contributed by atoms with Gasteiger partial charge in [0.05, 0.1) is 6.54 Å². The minimum absolute atomic E-state index is 0.0421. The molecule has 1 aromatic rings. The molecule has 0 unspecified atom stereocenters. The van der Waals surface area contributed by atoms with Crippen molar-refractivity contribution in [1.82, 2.24) is 24.7 Å². The van der Waals surface area contributed by atoms with Gasteiger partial charge >= 0.3 is 6.03 Å². The van der Waals surface area contributed by atoms with Crippen LogP contribution in [0.3, 0.4) is 0 Å². The summed E-state index contributed by atoms with van der Waals surface area (Å²) in [6.07, 6.45) is 8.15. The molecular weight excluding hydrogens is 306 g/mol. The summed E-state index contributed by atoms with van der Waals surface area (Å²) in [4.78, 5) is 32.1. The molecule has 2 fully saturated rings. The van der Waals surface area contributed by atoms with Crippen LogP contribution in [-0.4, -0.2) is 64.0 Å². The van der Waals surface area contributed by atoms with Crippen LogP contribution in [0.1, 0.15) is 44.3 Å². The van der Waals surface area contributed by atoms with Gasteiger partial charge in [-0.2, -0.15) is 0 Å². The molecule has 3 amide bonds. The van der Waals surface area contributed by atoms with Gasteiger partial charge in [0, 0.05) is 45.0 Å². The number of piperidine rings is 1. The minimum atomic E-state index is -0.398. The van der Waals surface area contributed by atoms with Crippen LogP contribution in [0.25, 0.3) is 0 Å². The lowest BCUT2D eigenvalue weighted by atomic mass is 9.95. The van der Waals surface area contributed by atoms with Crippen LogP contribution in [-0.2, 0) is 11.3 Å². The number of aryl methyl sites for hydroxylation is 1. The van der Waals surface area contributed by atoms with Crippen LogP contribution < -0.4 is 5.32 Å². The van der Waals surface area contributed by atoms with E-state index >= 15 is 0 Å². The molecule has 0 radical (unpaired) electrons. The second kappa shape index (κ2) is 7.23. The number of carbonyl (C=O) groups is 2. The molecule has 132 valence electrons. The topological polar surface area (TPSA) is 70.5 Å². The van der Waals surface area contributed by atoms with Gasteiger partial charge in [0.25, 0.3) is 0 Å². The van der Waals surface area contributed by atoms with Crippen LogP contribution >= 0.6 is 0 Å². The van der Waals surface area contributed by atoms with Crippen LogP contribution in [0.5, 0.6) is 0 Å². The fraction of sp³-hybridized carbons (Fsp3) is 0.706. The maximum absolute atomic E-state index is 12.6. The Labute approximate surface area is 143 Å². The summed E-state index contributed by atoms with van der Waals surface area (Å²) in [5, 5.41) is 2.75. The fourth-order valence-electron chi connectivity index (χ4n) is 3.58. The summed E-state index contributed by atoms with van der Waals surface area (Å²) >= 11 is 0. The second-order valence-corrected chi connectivity index (χ2v) is 6.81. The molecule has 0 saturated carbocycles. The first-order valence-electron chi connectivity index (χ1n) is 8.91. The van der Waals surface area contributed by atoms with Gasteiger partial charge in [0.15, 0.2) is 0 Å². The molecule has 3 heterocycles. The number of likely N-dealkylation sites (N-methyl/N-ethyl adjacent to an activating group) is 1. The Bertz CT molecular complexity index is 592. The van der Waals surface area contributed by atoms with Crippen molar-refractivity contribution >= 4 is 11.9 Å². The van der Waals surface area contributed by atoms with Crippen molar-refractivity contribution in [1.29, 1.82) is 0 Å². The Morgan fingerprint density at radius 3 is 2.75 bits per heavy atom. The molecule has 0 aliphatic carbocycles. The van der Waals surface area contributed by atoms with E-state index in [9.17, 15) is 9.59 Å². The van der Waals surface area contributed by atoms with Gasteiger partial charge in [-0.1, -0.05) is 13.3 Å². The van der Waals surface area contributed by atoms with E-state index in [1.807, 2.05) is 11.1 Å². The van der Waals surface area contributed by atoms with E-state index in [4.69, 9.17) is 0 Å². The largest absolute Gasteiger partial charge is 0.341 e. The third kappa shape index (κ3) is 3.39. The SMILES string of the molecule is CCCCn1ccnc1C1CCN(C(=O)[C@@H]2CN(C)C(=O)N2)CC1. The lowest BCUT2D eigenvalue weighted by Crippen LogP contribution is -2.48. The van der Waals surface area contributed by atoms with E-state index in [1.54, 1.807) is 11.9 Å². The zero-order valence-electron chi connectivity index (χ0n) is 14.6. The number of hydrogen-bond donors (Lipinski definition) is 1. The summed E-state index contributed by atoms with van der Waals surface area (Å²) in [6.45, 7) is 5.14. The summed E-state index contributed by atoms with van der Waals surface area (Å²) < 4.78 is 2.26. The zero-order chi connectivity index (χ0) is 17.1. The molecule has 2 aliphatic heterocycles. The van der Waals surface area contributed by atoms with Crippen molar-refractivity contribution in [3.63, 3.8) is 0 Å². The van der Waals surface area contributed by atoms with Crippen molar-refractivity contribution in [2.45, 2.75) is 51.1 Å². The van der Waals surface area contributed by atoms with Gasteiger partial charge < -0.3 is 19.7 Å². The van der Waals surface area contributed by atoms with E-state index in [0.29, 0.717) is 12.5 Å². The lowest BCUT2D eigenvalue weighted by Gasteiger charge is -2.33. The van der Waals surface area contributed by atoms with Crippen molar-refractivity contribution in [2.24, 2.45) is 0 Å². The van der Waals surface area contributed by atoms with Crippen molar-refractivity contribution in [3.8, 4) is 0 Å².